The highest BCUT2D eigenvalue weighted by Crippen LogP contribution is 2.38. The zero-order valence-corrected chi connectivity index (χ0v) is 19.9. The van der Waals surface area contributed by atoms with Crippen LogP contribution < -0.4 is 19.1 Å². The highest BCUT2D eigenvalue weighted by atomic mass is 35.5. The van der Waals surface area contributed by atoms with E-state index < -0.39 is 22.0 Å². The Bertz CT molecular complexity index is 1310. The minimum atomic E-state index is -3.94. The zero-order valence-electron chi connectivity index (χ0n) is 18.3. The van der Waals surface area contributed by atoms with Gasteiger partial charge in [0, 0.05) is 5.02 Å². The van der Waals surface area contributed by atoms with Gasteiger partial charge in [0.15, 0.2) is 6.10 Å². The Morgan fingerprint density at radius 1 is 1.06 bits per heavy atom. The molecule has 1 aliphatic heterocycles. The maximum absolute atomic E-state index is 13.5. The molecule has 1 N–H and O–H groups in total. The Hall–Kier alpha value is -3.23. The molecule has 1 amide bonds. The predicted molar refractivity (Wildman–Crippen MR) is 128 cm³/mol. The van der Waals surface area contributed by atoms with Gasteiger partial charge in [-0.1, -0.05) is 35.4 Å². The van der Waals surface area contributed by atoms with Crippen molar-refractivity contribution in [1.82, 2.24) is 0 Å². The largest absolute Gasteiger partial charge is 0.495 e. The van der Waals surface area contributed by atoms with Gasteiger partial charge in [-0.15, -0.1) is 0 Å². The number of aryl methyl sites for hydroxylation is 2. The van der Waals surface area contributed by atoms with Gasteiger partial charge in [0.2, 0.25) is 0 Å². The van der Waals surface area contributed by atoms with Crippen LogP contribution in [0.4, 0.5) is 11.4 Å². The quantitative estimate of drug-likeness (QED) is 0.571. The molecule has 4 rings (SSSR count). The number of carbonyl (C=O) groups is 1. The Balaban J connectivity index is 1.70. The van der Waals surface area contributed by atoms with Crippen LogP contribution >= 0.6 is 11.6 Å². The minimum absolute atomic E-state index is 0.136. The van der Waals surface area contributed by atoms with E-state index in [9.17, 15) is 13.2 Å². The third kappa shape index (κ3) is 4.62. The van der Waals surface area contributed by atoms with Crippen LogP contribution in [0.3, 0.4) is 0 Å². The first-order valence-corrected chi connectivity index (χ1v) is 12.0. The number of fused-ring (bicyclic) bond motifs is 1. The minimum Gasteiger partial charge on any atom is -0.495 e. The first-order valence-electron chi connectivity index (χ1n) is 10.2. The number of hydrogen-bond donors (Lipinski definition) is 1. The van der Waals surface area contributed by atoms with Crippen LogP contribution in [-0.2, 0) is 14.8 Å². The van der Waals surface area contributed by atoms with Crippen molar-refractivity contribution in [3.63, 3.8) is 0 Å². The lowest BCUT2D eigenvalue weighted by atomic mass is 10.1. The lowest BCUT2D eigenvalue weighted by Gasteiger charge is -2.35. The summed E-state index contributed by atoms with van der Waals surface area (Å²) in [5.74, 6) is 0.214. The van der Waals surface area contributed by atoms with Crippen LogP contribution in [-0.4, -0.2) is 34.1 Å². The Kier molecular flexibility index (Phi) is 6.23. The molecule has 0 saturated carbocycles. The van der Waals surface area contributed by atoms with Crippen molar-refractivity contribution >= 4 is 38.9 Å². The van der Waals surface area contributed by atoms with Gasteiger partial charge in [-0.25, -0.2) is 8.42 Å². The summed E-state index contributed by atoms with van der Waals surface area (Å²) in [6.07, 6.45) is -1.09. The Morgan fingerprint density at radius 2 is 1.76 bits per heavy atom. The molecular formula is C24H23ClN2O5S. The number of anilines is 2. The molecular weight excluding hydrogens is 464 g/mol. The van der Waals surface area contributed by atoms with Gasteiger partial charge in [0.05, 0.1) is 29.9 Å². The lowest BCUT2D eigenvalue weighted by molar-refractivity contribution is -0.122. The fourth-order valence-electron chi connectivity index (χ4n) is 3.55. The summed E-state index contributed by atoms with van der Waals surface area (Å²) in [6, 6.07) is 16.6. The van der Waals surface area contributed by atoms with Gasteiger partial charge in [0.25, 0.3) is 15.9 Å². The molecule has 1 unspecified atom stereocenters. The highest BCUT2D eigenvalue weighted by Gasteiger charge is 2.37. The summed E-state index contributed by atoms with van der Waals surface area (Å²) in [5.41, 5.74) is 2.56. The number of sulfonamides is 1. The molecule has 0 aromatic heterocycles. The van der Waals surface area contributed by atoms with E-state index in [0.29, 0.717) is 27.9 Å². The van der Waals surface area contributed by atoms with Crippen molar-refractivity contribution in [2.75, 3.05) is 23.3 Å². The van der Waals surface area contributed by atoms with Crippen LogP contribution in [0.2, 0.25) is 5.02 Å². The zero-order chi connectivity index (χ0) is 23.8. The van der Waals surface area contributed by atoms with Gasteiger partial charge >= 0.3 is 0 Å². The van der Waals surface area contributed by atoms with Gasteiger partial charge in [-0.05, 0) is 61.9 Å². The van der Waals surface area contributed by atoms with Crippen molar-refractivity contribution in [2.45, 2.75) is 24.8 Å². The number of ether oxygens (including phenoxy) is 2. The van der Waals surface area contributed by atoms with Gasteiger partial charge in [-0.2, -0.15) is 0 Å². The summed E-state index contributed by atoms with van der Waals surface area (Å²) >= 11 is 6.06. The second-order valence-electron chi connectivity index (χ2n) is 7.76. The number of methoxy groups -OCH3 is 1. The van der Waals surface area contributed by atoms with E-state index >= 15 is 0 Å². The van der Waals surface area contributed by atoms with E-state index in [1.54, 1.807) is 60.7 Å². The molecule has 33 heavy (non-hydrogen) atoms. The van der Waals surface area contributed by atoms with E-state index in [1.807, 2.05) is 13.8 Å². The number of nitrogens with zero attached hydrogens (tertiary/aromatic N) is 1. The summed E-state index contributed by atoms with van der Waals surface area (Å²) in [4.78, 5) is 13.3. The van der Waals surface area contributed by atoms with Crippen molar-refractivity contribution in [1.29, 1.82) is 0 Å². The summed E-state index contributed by atoms with van der Waals surface area (Å²) in [7, 11) is -2.46. The first-order chi connectivity index (χ1) is 15.7. The summed E-state index contributed by atoms with van der Waals surface area (Å²) in [6.45, 7) is 3.55. The number of benzene rings is 3. The van der Waals surface area contributed by atoms with Crippen molar-refractivity contribution < 1.29 is 22.7 Å². The average molecular weight is 487 g/mol. The topological polar surface area (TPSA) is 84.9 Å². The predicted octanol–water partition coefficient (Wildman–Crippen LogP) is 4.56. The van der Waals surface area contributed by atoms with Gasteiger partial charge < -0.3 is 14.8 Å². The molecule has 1 aliphatic rings. The number of hydrogen-bond acceptors (Lipinski definition) is 5. The molecule has 1 atom stereocenters. The second-order valence-corrected chi connectivity index (χ2v) is 10.1. The molecule has 0 aliphatic carbocycles. The van der Waals surface area contributed by atoms with Gasteiger partial charge in [0.1, 0.15) is 11.5 Å². The number of nitrogens with one attached hydrogen (secondary N) is 1. The van der Waals surface area contributed by atoms with E-state index in [2.05, 4.69) is 5.32 Å². The molecule has 0 bridgehead atoms. The second kappa shape index (κ2) is 8.96. The highest BCUT2D eigenvalue weighted by molar-refractivity contribution is 7.92. The van der Waals surface area contributed by atoms with Crippen LogP contribution in [0.5, 0.6) is 11.5 Å². The summed E-state index contributed by atoms with van der Waals surface area (Å²) < 4.78 is 39.5. The number of carbonyl (C=O) groups excluding carboxylic acids is 1. The Labute approximate surface area is 197 Å². The van der Waals surface area contributed by atoms with Crippen molar-refractivity contribution in [3.05, 3.63) is 76.8 Å². The lowest BCUT2D eigenvalue weighted by Crippen LogP contribution is -2.48. The fourth-order valence-corrected chi connectivity index (χ4v) is 5.20. The normalized spacial score (nSPS) is 15.4. The Morgan fingerprint density at radius 3 is 2.45 bits per heavy atom. The number of rotatable bonds is 5. The smallest absolute Gasteiger partial charge is 0.267 e. The molecule has 0 radical (unpaired) electrons. The fraction of sp³-hybridized carbons (Fsp3) is 0.208. The van der Waals surface area contributed by atoms with E-state index in [-0.39, 0.29) is 11.4 Å². The molecule has 9 heteroatoms. The van der Waals surface area contributed by atoms with E-state index in [4.69, 9.17) is 21.1 Å². The molecule has 3 aromatic rings. The average Bonchev–Trinajstić information content (AvgIpc) is 2.78. The van der Waals surface area contributed by atoms with E-state index in [1.165, 1.54) is 11.4 Å². The number of amides is 1. The van der Waals surface area contributed by atoms with Gasteiger partial charge in [-0.3, -0.25) is 9.10 Å². The molecule has 1 heterocycles. The van der Waals surface area contributed by atoms with Crippen molar-refractivity contribution in [3.8, 4) is 11.5 Å². The molecule has 0 spiro atoms. The maximum atomic E-state index is 13.5. The molecule has 0 saturated heterocycles. The maximum Gasteiger partial charge on any atom is 0.267 e. The SMILES string of the molecule is COc1ccc(Cl)cc1NC(=O)C1CN(S(=O)(=O)c2ccc(C)cc2)c2ccc(C)cc2O1. The molecule has 7 nitrogen and oxygen atoms in total. The summed E-state index contributed by atoms with van der Waals surface area (Å²) in [5, 5.41) is 3.16. The van der Waals surface area contributed by atoms with Crippen LogP contribution in [0.1, 0.15) is 11.1 Å². The third-order valence-corrected chi connectivity index (χ3v) is 7.33. The molecule has 3 aromatic carbocycles. The van der Waals surface area contributed by atoms with Crippen LogP contribution in [0, 0.1) is 13.8 Å². The van der Waals surface area contributed by atoms with Crippen LogP contribution in [0.25, 0.3) is 0 Å². The third-order valence-electron chi connectivity index (χ3n) is 5.31. The van der Waals surface area contributed by atoms with Crippen molar-refractivity contribution in [2.24, 2.45) is 0 Å². The molecule has 172 valence electrons. The number of halogens is 1. The van der Waals surface area contributed by atoms with Crippen LogP contribution in [0.15, 0.2) is 65.6 Å². The first kappa shape index (κ1) is 22.9. The molecule has 0 fully saturated rings. The monoisotopic (exact) mass is 486 g/mol. The standard InChI is InChI=1S/C24H23ClN2O5S/c1-15-4-8-18(9-5-15)33(29,30)27-14-23(32-22-12-16(2)6-10-20(22)27)24(28)26-19-13-17(25)7-11-21(19)31-3/h4-13,23H,14H2,1-3H3,(H,26,28). The van der Waals surface area contributed by atoms with E-state index in [0.717, 1.165) is 11.1 Å².